The summed E-state index contributed by atoms with van der Waals surface area (Å²) in [6.45, 7) is 5.16. The van der Waals surface area contributed by atoms with Crippen LogP contribution in [0.3, 0.4) is 0 Å². The van der Waals surface area contributed by atoms with E-state index >= 15 is 0 Å². The molecule has 0 radical (unpaired) electrons. The highest BCUT2D eigenvalue weighted by Crippen LogP contribution is 2.30. The van der Waals surface area contributed by atoms with E-state index < -0.39 is 0 Å². The predicted octanol–water partition coefficient (Wildman–Crippen LogP) is 4.15. The van der Waals surface area contributed by atoms with E-state index in [1.807, 2.05) is 6.21 Å². The third-order valence-electron chi connectivity index (χ3n) is 4.54. The maximum Gasteiger partial charge on any atom is 0.143 e. The van der Waals surface area contributed by atoms with Crippen LogP contribution in [0, 0.1) is 0 Å². The number of hydrogen-bond acceptors (Lipinski definition) is 4. The van der Waals surface area contributed by atoms with Gasteiger partial charge in [0.1, 0.15) is 17.8 Å². The minimum atomic E-state index is 0.783. The predicted molar refractivity (Wildman–Crippen MR) is 98.3 cm³/mol. The van der Waals surface area contributed by atoms with Gasteiger partial charge in [-0.3, -0.25) is 4.99 Å². The second kappa shape index (κ2) is 6.07. The molecule has 2 N–H and O–H groups in total. The number of hydrogen-bond donors (Lipinski definition) is 2. The zero-order chi connectivity index (χ0) is 16.5. The first kappa shape index (κ1) is 14.9. The van der Waals surface area contributed by atoms with Gasteiger partial charge in [-0.2, -0.15) is 0 Å². The number of anilines is 2. The van der Waals surface area contributed by atoms with Crippen molar-refractivity contribution in [2.45, 2.75) is 39.7 Å². The van der Waals surface area contributed by atoms with Gasteiger partial charge in [0.25, 0.3) is 0 Å². The minimum absolute atomic E-state index is 0.783. The molecule has 0 amide bonds. The first-order valence-electron chi connectivity index (χ1n) is 8.54. The summed E-state index contributed by atoms with van der Waals surface area (Å²) < 4.78 is 0. The van der Waals surface area contributed by atoms with Crippen LogP contribution in [0.4, 0.5) is 11.5 Å². The average molecular weight is 319 g/mol. The normalized spacial score (nSPS) is 12.8. The van der Waals surface area contributed by atoms with E-state index in [-0.39, 0.29) is 0 Å². The quantitative estimate of drug-likeness (QED) is 0.742. The Bertz CT molecular complexity index is 923. The van der Waals surface area contributed by atoms with Gasteiger partial charge in [-0.15, -0.1) is 0 Å². The fourth-order valence-corrected chi connectivity index (χ4v) is 3.40. The lowest BCUT2D eigenvalue weighted by molar-refractivity contribution is 0.876. The molecule has 5 nitrogen and oxygen atoms in total. The zero-order valence-electron chi connectivity index (χ0n) is 14.1. The van der Waals surface area contributed by atoms with Crippen LogP contribution in [-0.4, -0.2) is 21.2 Å². The molecular weight excluding hydrogens is 298 g/mol. The summed E-state index contributed by atoms with van der Waals surface area (Å²) in [4.78, 5) is 16.7. The van der Waals surface area contributed by atoms with Crippen molar-refractivity contribution in [3.63, 3.8) is 0 Å². The number of aliphatic imine (C=N–C) groups is 1. The molecule has 0 aliphatic carbocycles. The van der Waals surface area contributed by atoms with Gasteiger partial charge in [0.15, 0.2) is 0 Å². The lowest BCUT2D eigenvalue weighted by Gasteiger charge is -2.09. The number of H-pyrrole nitrogens is 1. The van der Waals surface area contributed by atoms with Crippen LogP contribution in [-0.2, 0) is 19.4 Å². The topological polar surface area (TPSA) is 66.0 Å². The Morgan fingerprint density at radius 1 is 1.21 bits per heavy atom. The molecule has 0 bridgehead atoms. The SMILES string of the molecule is CCCc1[nH]c2ncnc(Nc3ccc4c(c3)C=NC4)c2c1CC. The number of nitrogens with one attached hydrogen (secondary N) is 2. The number of nitrogens with zero attached hydrogens (tertiary/aromatic N) is 3. The van der Waals surface area contributed by atoms with Gasteiger partial charge in [-0.05, 0) is 41.7 Å². The average Bonchev–Trinajstić information content (AvgIpc) is 3.19. The Balaban J connectivity index is 1.77. The summed E-state index contributed by atoms with van der Waals surface area (Å²) in [5.74, 6) is 0.866. The van der Waals surface area contributed by atoms with Crippen molar-refractivity contribution in [3.8, 4) is 0 Å². The van der Waals surface area contributed by atoms with Gasteiger partial charge < -0.3 is 10.3 Å². The van der Waals surface area contributed by atoms with Crippen molar-refractivity contribution in [3.05, 3.63) is 46.9 Å². The van der Waals surface area contributed by atoms with E-state index in [1.165, 1.54) is 22.4 Å². The highest BCUT2D eigenvalue weighted by Gasteiger charge is 2.15. The highest BCUT2D eigenvalue weighted by molar-refractivity contribution is 5.94. The lowest BCUT2D eigenvalue weighted by atomic mass is 10.1. The Labute approximate surface area is 141 Å². The number of aryl methyl sites for hydroxylation is 2. The van der Waals surface area contributed by atoms with Gasteiger partial charge in [-0.1, -0.05) is 26.3 Å². The molecule has 1 aliphatic rings. The van der Waals surface area contributed by atoms with Crippen LogP contribution < -0.4 is 5.32 Å². The molecule has 5 heteroatoms. The summed E-state index contributed by atoms with van der Waals surface area (Å²) in [7, 11) is 0. The van der Waals surface area contributed by atoms with Crippen molar-refractivity contribution in [2.75, 3.05) is 5.32 Å². The smallest absolute Gasteiger partial charge is 0.143 e. The van der Waals surface area contributed by atoms with E-state index in [4.69, 9.17) is 0 Å². The molecule has 4 rings (SSSR count). The summed E-state index contributed by atoms with van der Waals surface area (Å²) >= 11 is 0. The molecule has 0 atom stereocenters. The summed E-state index contributed by atoms with van der Waals surface area (Å²) in [5.41, 5.74) is 6.99. The molecule has 3 aromatic rings. The second-order valence-corrected chi connectivity index (χ2v) is 6.14. The van der Waals surface area contributed by atoms with Crippen molar-refractivity contribution in [1.29, 1.82) is 0 Å². The molecule has 0 saturated carbocycles. The van der Waals surface area contributed by atoms with Crippen molar-refractivity contribution < 1.29 is 0 Å². The van der Waals surface area contributed by atoms with E-state index in [0.717, 1.165) is 48.3 Å². The molecule has 24 heavy (non-hydrogen) atoms. The van der Waals surface area contributed by atoms with Gasteiger partial charge >= 0.3 is 0 Å². The Hall–Kier alpha value is -2.69. The molecule has 3 heterocycles. The molecule has 2 aromatic heterocycles. The van der Waals surface area contributed by atoms with Gasteiger partial charge in [0, 0.05) is 17.6 Å². The minimum Gasteiger partial charge on any atom is -0.343 e. The zero-order valence-corrected chi connectivity index (χ0v) is 14.1. The van der Waals surface area contributed by atoms with E-state index in [9.17, 15) is 0 Å². The molecule has 0 fully saturated rings. The molecule has 0 saturated heterocycles. The number of aromatic amines is 1. The number of benzene rings is 1. The third-order valence-corrected chi connectivity index (χ3v) is 4.54. The van der Waals surface area contributed by atoms with E-state index in [1.54, 1.807) is 6.33 Å². The van der Waals surface area contributed by atoms with Crippen LogP contribution in [0.1, 0.15) is 42.7 Å². The van der Waals surface area contributed by atoms with Crippen LogP contribution in [0.25, 0.3) is 11.0 Å². The maximum absolute atomic E-state index is 4.50. The van der Waals surface area contributed by atoms with Crippen molar-refractivity contribution in [2.24, 2.45) is 4.99 Å². The lowest BCUT2D eigenvalue weighted by Crippen LogP contribution is -1.98. The second-order valence-electron chi connectivity index (χ2n) is 6.14. The Kier molecular flexibility index (Phi) is 3.76. The summed E-state index contributed by atoms with van der Waals surface area (Å²) in [5, 5.41) is 4.58. The fourth-order valence-electron chi connectivity index (χ4n) is 3.40. The van der Waals surface area contributed by atoms with E-state index in [0.29, 0.717) is 0 Å². The van der Waals surface area contributed by atoms with Crippen LogP contribution >= 0.6 is 0 Å². The first-order chi connectivity index (χ1) is 11.8. The Morgan fingerprint density at radius 2 is 2.12 bits per heavy atom. The molecular formula is C19H21N5. The number of fused-ring (bicyclic) bond motifs is 2. The Morgan fingerprint density at radius 3 is 2.96 bits per heavy atom. The molecule has 122 valence electrons. The largest absolute Gasteiger partial charge is 0.343 e. The summed E-state index contributed by atoms with van der Waals surface area (Å²) in [6.07, 6.45) is 6.66. The molecule has 1 aliphatic heterocycles. The van der Waals surface area contributed by atoms with Crippen molar-refractivity contribution >= 4 is 28.8 Å². The monoisotopic (exact) mass is 319 g/mol. The van der Waals surface area contributed by atoms with Gasteiger partial charge in [0.2, 0.25) is 0 Å². The maximum atomic E-state index is 4.50. The number of aromatic nitrogens is 3. The van der Waals surface area contributed by atoms with Gasteiger partial charge in [-0.25, -0.2) is 9.97 Å². The standard InChI is InChI=1S/C19H21N5/c1-3-5-16-15(4-2)17-18(21-11-22-19(17)24-16)23-14-7-6-12-9-20-10-13(12)8-14/h6-8,10-11H,3-5,9H2,1-2H3,(H2,21,22,23,24). The number of rotatable bonds is 5. The third kappa shape index (κ3) is 2.46. The fraction of sp³-hybridized carbons (Fsp3) is 0.316. The highest BCUT2D eigenvalue weighted by atomic mass is 15.0. The molecule has 0 spiro atoms. The van der Waals surface area contributed by atoms with Crippen molar-refractivity contribution in [1.82, 2.24) is 15.0 Å². The van der Waals surface area contributed by atoms with Gasteiger partial charge in [0.05, 0.1) is 11.9 Å². The van der Waals surface area contributed by atoms with Crippen LogP contribution in [0.5, 0.6) is 0 Å². The summed E-state index contributed by atoms with van der Waals surface area (Å²) in [6, 6.07) is 6.35. The first-order valence-corrected chi connectivity index (χ1v) is 8.54. The molecule has 1 aromatic carbocycles. The van der Waals surface area contributed by atoms with E-state index in [2.05, 4.69) is 57.3 Å². The van der Waals surface area contributed by atoms with Crippen LogP contribution in [0.15, 0.2) is 29.5 Å². The molecule has 0 unspecified atom stereocenters. The van der Waals surface area contributed by atoms with Crippen LogP contribution in [0.2, 0.25) is 0 Å².